The number of carbonyl (C=O) groups is 1. The number of aromatic nitrogens is 1. The third kappa shape index (κ3) is 3.43. The molecule has 0 aliphatic carbocycles. The van der Waals surface area contributed by atoms with E-state index in [2.05, 4.69) is 4.98 Å². The van der Waals surface area contributed by atoms with Crippen molar-refractivity contribution in [1.82, 2.24) is 9.88 Å². The highest BCUT2D eigenvalue weighted by Gasteiger charge is 2.24. The van der Waals surface area contributed by atoms with Crippen molar-refractivity contribution < 1.29 is 9.90 Å². The Hall–Kier alpha value is -1.72. The molecule has 0 radical (unpaired) electrons. The Kier molecular flexibility index (Phi) is 4.87. The maximum atomic E-state index is 11.5. The molecule has 2 aromatic rings. The van der Waals surface area contributed by atoms with Gasteiger partial charge in [-0.1, -0.05) is 30.3 Å². The second-order valence-electron chi connectivity index (χ2n) is 4.74. The van der Waals surface area contributed by atoms with Crippen molar-refractivity contribution in [3.63, 3.8) is 0 Å². The number of thiazole rings is 1. The highest BCUT2D eigenvalue weighted by molar-refractivity contribution is 7.09. The van der Waals surface area contributed by atoms with Crippen molar-refractivity contribution in [3.8, 4) is 0 Å². The van der Waals surface area contributed by atoms with Crippen LogP contribution >= 0.6 is 11.3 Å². The third-order valence-corrected chi connectivity index (χ3v) is 4.32. The summed E-state index contributed by atoms with van der Waals surface area (Å²) >= 11 is 1.62. The number of aliphatic carboxylic acids is 1. The number of hydrogen-bond donors (Lipinski definition) is 1. The first-order chi connectivity index (χ1) is 9.59. The first kappa shape index (κ1) is 14.7. The fourth-order valence-corrected chi connectivity index (χ4v) is 2.96. The van der Waals surface area contributed by atoms with Gasteiger partial charge in [-0.3, -0.25) is 9.69 Å². The summed E-state index contributed by atoms with van der Waals surface area (Å²) in [6.45, 7) is 2.67. The van der Waals surface area contributed by atoms with E-state index in [0.717, 1.165) is 17.7 Å². The SMILES string of the molecule is Cc1ncsc1CCN(C)[C@H](C(=O)O)c1ccccc1. The zero-order valence-corrected chi connectivity index (χ0v) is 12.4. The van der Waals surface area contributed by atoms with E-state index in [1.165, 1.54) is 4.88 Å². The molecule has 0 unspecified atom stereocenters. The summed E-state index contributed by atoms with van der Waals surface area (Å²) in [6, 6.07) is 8.73. The highest BCUT2D eigenvalue weighted by Crippen LogP contribution is 2.21. The Morgan fingerprint density at radius 1 is 1.40 bits per heavy atom. The van der Waals surface area contributed by atoms with Gasteiger partial charge in [-0.15, -0.1) is 11.3 Å². The van der Waals surface area contributed by atoms with Crippen LogP contribution in [-0.2, 0) is 11.2 Å². The second kappa shape index (κ2) is 6.63. The number of aryl methyl sites for hydroxylation is 1. The predicted octanol–water partition coefficient (Wildman–Crippen LogP) is 2.75. The normalized spacial score (nSPS) is 12.6. The number of nitrogens with zero attached hydrogens (tertiary/aromatic N) is 2. The quantitative estimate of drug-likeness (QED) is 0.889. The molecule has 5 heteroatoms. The zero-order valence-electron chi connectivity index (χ0n) is 11.6. The van der Waals surface area contributed by atoms with Crippen LogP contribution in [0.2, 0.25) is 0 Å². The van der Waals surface area contributed by atoms with Gasteiger partial charge in [0.15, 0.2) is 0 Å². The van der Waals surface area contributed by atoms with Crippen LogP contribution in [0.1, 0.15) is 22.2 Å². The number of likely N-dealkylation sites (N-methyl/N-ethyl adjacent to an activating group) is 1. The average Bonchev–Trinajstić information content (AvgIpc) is 2.83. The summed E-state index contributed by atoms with van der Waals surface area (Å²) in [4.78, 5) is 18.8. The summed E-state index contributed by atoms with van der Waals surface area (Å²) in [5.74, 6) is -0.820. The van der Waals surface area contributed by atoms with E-state index >= 15 is 0 Å². The molecule has 1 atom stereocenters. The van der Waals surface area contributed by atoms with Gasteiger partial charge in [-0.05, 0) is 26.0 Å². The minimum absolute atomic E-state index is 0.607. The Labute approximate surface area is 122 Å². The van der Waals surface area contributed by atoms with Crippen LogP contribution in [0.3, 0.4) is 0 Å². The van der Waals surface area contributed by atoms with Gasteiger partial charge in [0, 0.05) is 11.4 Å². The predicted molar refractivity (Wildman–Crippen MR) is 80.0 cm³/mol. The second-order valence-corrected chi connectivity index (χ2v) is 5.68. The van der Waals surface area contributed by atoms with Gasteiger partial charge in [0.1, 0.15) is 6.04 Å². The first-order valence-electron chi connectivity index (χ1n) is 6.46. The molecular formula is C15H18N2O2S. The van der Waals surface area contributed by atoms with E-state index in [0.29, 0.717) is 6.54 Å². The number of carboxylic acids is 1. The monoisotopic (exact) mass is 290 g/mol. The molecule has 20 heavy (non-hydrogen) atoms. The van der Waals surface area contributed by atoms with Crippen LogP contribution in [0.25, 0.3) is 0 Å². The van der Waals surface area contributed by atoms with Gasteiger partial charge in [-0.25, -0.2) is 4.98 Å². The van der Waals surface area contributed by atoms with Gasteiger partial charge < -0.3 is 5.11 Å². The number of carboxylic acid groups (broad SMARTS) is 1. The summed E-state index contributed by atoms with van der Waals surface area (Å²) in [5.41, 5.74) is 3.68. The van der Waals surface area contributed by atoms with Crippen LogP contribution in [0, 0.1) is 6.92 Å². The standard InChI is InChI=1S/C15H18N2O2S/c1-11-13(20-10-16-11)8-9-17(2)14(15(18)19)12-6-4-3-5-7-12/h3-7,10,14H,8-9H2,1-2H3,(H,18,19)/t14-/m0/s1. The molecule has 1 heterocycles. The van der Waals surface area contributed by atoms with Crippen LogP contribution < -0.4 is 0 Å². The number of rotatable bonds is 6. The minimum Gasteiger partial charge on any atom is -0.480 e. The molecule has 1 aromatic heterocycles. The van der Waals surface area contributed by atoms with E-state index in [9.17, 15) is 9.90 Å². The molecule has 0 aliphatic heterocycles. The Balaban J connectivity index is 2.07. The minimum atomic E-state index is -0.820. The summed E-state index contributed by atoms with van der Waals surface area (Å²) in [7, 11) is 1.85. The Morgan fingerprint density at radius 2 is 2.10 bits per heavy atom. The average molecular weight is 290 g/mol. The summed E-state index contributed by atoms with van der Waals surface area (Å²) in [6.07, 6.45) is 0.823. The molecular weight excluding hydrogens is 272 g/mol. The molecule has 2 rings (SSSR count). The van der Waals surface area contributed by atoms with E-state index < -0.39 is 12.0 Å². The van der Waals surface area contributed by atoms with Crippen LogP contribution in [-0.4, -0.2) is 34.6 Å². The highest BCUT2D eigenvalue weighted by atomic mass is 32.1. The van der Waals surface area contributed by atoms with E-state index in [1.54, 1.807) is 11.3 Å². The topological polar surface area (TPSA) is 53.4 Å². The van der Waals surface area contributed by atoms with Gasteiger partial charge in [0.2, 0.25) is 0 Å². The maximum absolute atomic E-state index is 11.5. The van der Waals surface area contributed by atoms with Crippen molar-refractivity contribution in [2.45, 2.75) is 19.4 Å². The molecule has 0 saturated carbocycles. The molecule has 0 amide bonds. The lowest BCUT2D eigenvalue weighted by molar-refractivity contribution is -0.143. The number of hydrogen-bond acceptors (Lipinski definition) is 4. The molecule has 0 fully saturated rings. The van der Waals surface area contributed by atoms with E-state index in [4.69, 9.17) is 0 Å². The van der Waals surface area contributed by atoms with Gasteiger partial charge in [0.25, 0.3) is 0 Å². The van der Waals surface area contributed by atoms with Crippen molar-refractivity contribution in [2.24, 2.45) is 0 Å². The van der Waals surface area contributed by atoms with Gasteiger partial charge in [0.05, 0.1) is 11.2 Å². The zero-order chi connectivity index (χ0) is 14.5. The molecule has 106 valence electrons. The Bertz CT molecular complexity index is 568. The molecule has 1 aromatic carbocycles. The van der Waals surface area contributed by atoms with Crippen molar-refractivity contribution in [2.75, 3.05) is 13.6 Å². The fourth-order valence-electron chi connectivity index (χ4n) is 2.19. The molecule has 0 bridgehead atoms. The lowest BCUT2D eigenvalue weighted by atomic mass is 10.1. The smallest absolute Gasteiger partial charge is 0.325 e. The van der Waals surface area contributed by atoms with Crippen LogP contribution in [0.4, 0.5) is 0 Å². The molecule has 1 N–H and O–H groups in total. The molecule has 0 spiro atoms. The van der Waals surface area contributed by atoms with Crippen molar-refractivity contribution >= 4 is 17.3 Å². The largest absolute Gasteiger partial charge is 0.480 e. The molecule has 0 aliphatic rings. The number of benzene rings is 1. The van der Waals surface area contributed by atoms with E-state index in [-0.39, 0.29) is 0 Å². The maximum Gasteiger partial charge on any atom is 0.325 e. The molecule has 0 saturated heterocycles. The van der Waals surface area contributed by atoms with Crippen molar-refractivity contribution in [3.05, 3.63) is 52.0 Å². The van der Waals surface area contributed by atoms with Crippen LogP contribution in [0.15, 0.2) is 35.8 Å². The van der Waals surface area contributed by atoms with Crippen LogP contribution in [0.5, 0.6) is 0 Å². The van der Waals surface area contributed by atoms with Crippen molar-refractivity contribution in [1.29, 1.82) is 0 Å². The lowest BCUT2D eigenvalue weighted by Gasteiger charge is -2.24. The van der Waals surface area contributed by atoms with E-state index in [1.807, 2.05) is 54.7 Å². The molecule has 4 nitrogen and oxygen atoms in total. The first-order valence-corrected chi connectivity index (χ1v) is 7.34. The summed E-state index contributed by atoms with van der Waals surface area (Å²) < 4.78 is 0. The third-order valence-electron chi connectivity index (χ3n) is 3.33. The lowest BCUT2D eigenvalue weighted by Crippen LogP contribution is -2.32. The van der Waals surface area contributed by atoms with Gasteiger partial charge >= 0.3 is 5.97 Å². The Morgan fingerprint density at radius 3 is 2.65 bits per heavy atom. The fraction of sp³-hybridized carbons (Fsp3) is 0.333. The summed E-state index contributed by atoms with van der Waals surface area (Å²) in [5, 5.41) is 9.46. The van der Waals surface area contributed by atoms with Gasteiger partial charge in [-0.2, -0.15) is 0 Å².